The summed E-state index contributed by atoms with van der Waals surface area (Å²) in [5.41, 5.74) is 0.769. The van der Waals surface area contributed by atoms with E-state index in [1.165, 1.54) is 12.8 Å². The Bertz CT molecular complexity index is 522. The molecule has 0 aliphatic carbocycles. The number of rotatable bonds is 5. The molecule has 3 heterocycles. The summed E-state index contributed by atoms with van der Waals surface area (Å²) in [5, 5.41) is 6.40. The first-order chi connectivity index (χ1) is 11.7. The zero-order valence-corrected chi connectivity index (χ0v) is 14.5. The van der Waals surface area contributed by atoms with E-state index in [1.54, 1.807) is 6.20 Å². The Morgan fingerprint density at radius 3 is 2.96 bits per heavy atom. The molecule has 2 N–H and O–H groups in total. The molecule has 2 aliphatic heterocycles. The Labute approximate surface area is 144 Å². The maximum atomic E-state index is 12.3. The maximum Gasteiger partial charge on any atom is 0.224 e. The van der Waals surface area contributed by atoms with Crippen LogP contribution >= 0.6 is 0 Å². The lowest BCUT2D eigenvalue weighted by atomic mass is 9.85. The van der Waals surface area contributed by atoms with Gasteiger partial charge in [-0.3, -0.25) is 4.79 Å². The molecular formula is C18H28N4O2. The summed E-state index contributed by atoms with van der Waals surface area (Å²) < 4.78 is 5.35. The van der Waals surface area contributed by atoms with Gasteiger partial charge in [0.25, 0.3) is 0 Å². The first-order valence-electron chi connectivity index (χ1n) is 9.01. The average Bonchev–Trinajstić information content (AvgIpc) is 2.64. The smallest absolute Gasteiger partial charge is 0.224 e. The van der Waals surface area contributed by atoms with Crippen LogP contribution in [0.4, 0.5) is 11.5 Å². The van der Waals surface area contributed by atoms with Crippen molar-refractivity contribution in [3.63, 3.8) is 0 Å². The minimum absolute atomic E-state index is 0.0778. The van der Waals surface area contributed by atoms with Gasteiger partial charge in [0, 0.05) is 19.5 Å². The van der Waals surface area contributed by atoms with E-state index in [-0.39, 0.29) is 5.91 Å². The maximum absolute atomic E-state index is 12.3. The van der Waals surface area contributed by atoms with E-state index >= 15 is 0 Å². The van der Waals surface area contributed by atoms with E-state index in [9.17, 15) is 4.79 Å². The predicted molar refractivity (Wildman–Crippen MR) is 95.3 cm³/mol. The number of ether oxygens (including phenoxy) is 1. The van der Waals surface area contributed by atoms with Crippen molar-refractivity contribution in [2.45, 2.75) is 26.2 Å². The average molecular weight is 332 g/mol. The van der Waals surface area contributed by atoms with Crippen LogP contribution in [0.15, 0.2) is 18.3 Å². The van der Waals surface area contributed by atoms with Gasteiger partial charge in [-0.2, -0.15) is 0 Å². The minimum Gasteiger partial charge on any atom is -0.378 e. The van der Waals surface area contributed by atoms with Gasteiger partial charge in [-0.15, -0.1) is 0 Å². The summed E-state index contributed by atoms with van der Waals surface area (Å²) in [4.78, 5) is 18.9. The van der Waals surface area contributed by atoms with E-state index < -0.39 is 0 Å². The van der Waals surface area contributed by atoms with Gasteiger partial charge in [0.05, 0.1) is 25.1 Å². The van der Waals surface area contributed by atoms with Gasteiger partial charge >= 0.3 is 0 Å². The normalized spacial score (nSPS) is 22.9. The first kappa shape index (κ1) is 17.2. The topological polar surface area (TPSA) is 66.5 Å². The summed E-state index contributed by atoms with van der Waals surface area (Å²) in [6.07, 6.45) is 4.74. The third-order valence-electron chi connectivity index (χ3n) is 5.01. The molecule has 0 aromatic carbocycles. The largest absolute Gasteiger partial charge is 0.378 e. The highest BCUT2D eigenvalue weighted by Gasteiger charge is 2.22. The Morgan fingerprint density at radius 1 is 1.46 bits per heavy atom. The van der Waals surface area contributed by atoms with Crippen LogP contribution in [0.1, 0.15) is 26.2 Å². The first-order valence-corrected chi connectivity index (χ1v) is 9.01. The molecule has 132 valence electrons. The van der Waals surface area contributed by atoms with Crippen LogP contribution in [0.25, 0.3) is 0 Å². The molecule has 1 amide bonds. The van der Waals surface area contributed by atoms with Gasteiger partial charge in [-0.25, -0.2) is 4.98 Å². The number of hydrogen-bond donors (Lipinski definition) is 2. The van der Waals surface area contributed by atoms with E-state index in [0.29, 0.717) is 18.3 Å². The van der Waals surface area contributed by atoms with Gasteiger partial charge in [0.2, 0.25) is 5.91 Å². The zero-order chi connectivity index (χ0) is 16.8. The number of nitrogens with zero attached hydrogens (tertiary/aromatic N) is 2. The van der Waals surface area contributed by atoms with Crippen LogP contribution in [0.2, 0.25) is 0 Å². The fraction of sp³-hybridized carbons (Fsp3) is 0.667. The summed E-state index contributed by atoms with van der Waals surface area (Å²) in [6, 6.07) is 3.90. The van der Waals surface area contributed by atoms with Crippen LogP contribution < -0.4 is 15.5 Å². The van der Waals surface area contributed by atoms with E-state index in [0.717, 1.165) is 50.9 Å². The van der Waals surface area contributed by atoms with Gasteiger partial charge in [0.1, 0.15) is 5.82 Å². The quantitative estimate of drug-likeness (QED) is 0.862. The predicted octanol–water partition coefficient (Wildman–Crippen LogP) is 1.88. The zero-order valence-electron chi connectivity index (χ0n) is 14.5. The molecule has 2 aliphatic rings. The van der Waals surface area contributed by atoms with Crippen molar-refractivity contribution in [2.75, 3.05) is 49.6 Å². The number of hydrogen-bond acceptors (Lipinski definition) is 5. The Kier molecular flexibility index (Phi) is 6.04. The second-order valence-corrected chi connectivity index (χ2v) is 6.84. The fourth-order valence-electron chi connectivity index (χ4n) is 3.48. The minimum atomic E-state index is 0.0778. The number of amides is 1. The van der Waals surface area contributed by atoms with Crippen LogP contribution in [-0.2, 0) is 9.53 Å². The van der Waals surface area contributed by atoms with Crippen molar-refractivity contribution in [2.24, 2.45) is 11.8 Å². The lowest BCUT2D eigenvalue weighted by molar-refractivity contribution is -0.117. The number of carbonyl (C=O) groups is 1. The number of anilines is 2. The number of morpholine rings is 1. The second-order valence-electron chi connectivity index (χ2n) is 6.84. The van der Waals surface area contributed by atoms with Crippen LogP contribution in [0, 0.1) is 11.8 Å². The van der Waals surface area contributed by atoms with Crippen molar-refractivity contribution in [3.8, 4) is 0 Å². The molecule has 6 heteroatoms. The molecule has 1 aromatic rings. The third kappa shape index (κ3) is 4.68. The highest BCUT2D eigenvalue weighted by atomic mass is 16.5. The molecule has 24 heavy (non-hydrogen) atoms. The van der Waals surface area contributed by atoms with Gasteiger partial charge in [-0.1, -0.05) is 6.92 Å². The van der Waals surface area contributed by atoms with E-state index in [1.807, 2.05) is 12.1 Å². The van der Waals surface area contributed by atoms with Crippen LogP contribution in [-0.4, -0.2) is 50.3 Å². The van der Waals surface area contributed by atoms with Gasteiger partial charge in [-0.05, 0) is 49.9 Å². The lowest BCUT2D eigenvalue weighted by Gasteiger charge is -2.28. The van der Waals surface area contributed by atoms with Crippen molar-refractivity contribution < 1.29 is 9.53 Å². The fourth-order valence-corrected chi connectivity index (χ4v) is 3.48. The van der Waals surface area contributed by atoms with Crippen molar-refractivity contribution in [1.82, 2.24) is 10.3 Å². The van der Waals surface area contributed by atoms with Crippen LogP contribution in [0.5, 0.6) is 0 Å². The Hall–Kier alpha value is -1.66. The molecule has 0 saturated carbocycles. The number of nitrogens with one attached hydrogen (secondary N) is 2. The lowest BCUT2D eigenvalue weighted by Crippen LogP contribution is -2.36. The number of pyridine rings is 1. The molecular weight excluding hydrogens is 304 g/mol. The standard InChI is InChI=1S/C18H28N4O2/c1-14(15-3-2-6-19-12-15)11-18(23)21-16-4-5-17(20-13-16)22-7-9-24-10-8-22/h4-5,13-15,19H,2-3,6-12H2,1H3,(H,21,23). The van der Waals surface area contributed by atoms with Crippen molar-refractivity contribution in [1.29, 1.82) is 0 Å². The molecule has 6 nitrogen and oxygen atoms in total. The van der Waals surface area contributed by atoms with Crippen molar-refractivity contribution >= 4 is 17.4 Å². The monoisotopic (exact) mass is 332 g/mol. The number of aromatic nitrogens is 1. The second kappa shape index (κ2) is 8.44. The molecule has 2 fully saturated rings. The molecule has 2 unspecified atom stereocenters. The SMILES string of the molecule is CC(CC(=O)Nc1ccc(N2CCOCC2)nc1)C1CCCNC1. The molecule has 1 aromatic heterocycles. The third-order valence-corrected chi connectivity index (χ3v) is 5.01. The van der Waals surface area contributed by atoms with E-state index in [2.05, 4.69) is 27.4 Å². The molecule has 2 saturated heterocycles. The Balaban J connectivity index is 1.48. The van der Waals surface area contributed by atoms with Crippen molar-refractivity contribution in [3.05, 3.63) is 18.3 Å². The molecule has 2 atom stereocenters. The highest BCUT2D eigenvalue weighted by Crippen LogP contribution is 2.23. The highest BCUT2D eigenvalue weighted by molar-refractivity contribution is 5.90. The van der Waals surface area contributed by atoms with Gasteiger partial charge in [0.15, 0.2) is 0 Å². The molecule has 0 spiro atoms. The summed E-state index contributed by atoms with van der Waals surface area (Å²) >= 11 is 0. The van der Waals surface area contributed by atoms with Crippen LogP contribution in [0.3, 0.4) is 0 Å². The molecule has 3 rings (SSSR count). The summed E-state index contributed by atoms with van der Waals surface area (Å²) in [5.74, 6) is 2.02. The molecule has 0 radical (unpaired) electrons. The number of carbonyl (C=O) groups excluding carboxylic acids is 1. The Morgan fingerprint density at radius 2 is 2.29 bits per heavy atom. The molecule has 0 bridgehead atoms. The van der Waals surface area contributed by atoms with E-state index in [4.69, 9.17) is 4.74 Å². The van der Waals surface area contributed by atoms with Gasteiger partial charge < -0.3 is 20.3 Å². The summed E-state index contributed by atoms with van der Waals surface area (Å²) in [6.45, 7) is 7.54. The number of piperidine rings is 1. The summed E-state index contributed by atoms with van der Waals surface area (Å²) in [7, 11) is 0.